The molecule has 3 rings (SSSR count). The number of aliphatic hydroxyl groups is 2. The Bertz CT molecular complexity index is 1080. The molecule has 14 N–H and O–H groups in total. The van der Waals surface area contributed by atoms with Crippen molar-refractivity contribution >= 4 is 56.5 Å². The summed E-state index contributed by atoms with van der Waals surface area (Å²) in [6, 6.07) is 0. The van der Waals surface area contributed by atoms with Crippen LogP contribution >= 0.6 is 39.4 Å². The van der Waals surface area contributed by atoms with Crippen LogP contribution in [0.3, 0.4) is 0 Å². The quantitative estimate of drug-likeness (QED) is 0.110. The Morgan fingerprint density at radius 2 is 1.46 bits per heavy atom. The van der Waals surface area contributed by atoms with Gasteiger partial charge in [0.05, 0.1) is 23.9 Å². The Morgan fingerprint density at radius 3 is 1.83 bits per heavy atom. The molecule has 0 spiro atoms. The third-order valence-electron chi connectivity index (χ3n) is 3.20. The summed E-state index contributed by atoms with van der Waals surface area (Å²) < 4.78 is 33.7. The van der Waals surface area contributed by atoms with Gasteiger partial charge < -0.3 is 64.7 Å². The molecule has 0 aliphatic carbocycles. The number of nitrogens with zero attached hydrogens (tertiary/aromatic N) is 3. The minimum atomic E-state index is -4.64. The van der Waals surface area contributed by atoms with Gasteiger partial charge in [0.1, 0.15) is 6.10 Å². The predicted octanol–water partition coefficient (Wildman–Crippen LogP) is -4.07. The smallest absolute Gasteiger partial charge is 0.394 e. The molecule has 1 aliphatic heterocycles. The van der Waals surface area contributed by atoms with E-state index in [2.05, 4.69) is 30.9 Å². The van der Waals surface area contributed by atoms with Gasteiger partial charge in [-0.25, -0.2) is 18.7 Å². The van der Waals surface area contributed by atoms with Crippen LogP contribution in [0.15, 0.2) is 11.1 Å². The van der Waals surface area contributed by atoms with Crippen LogP contribution in [-0.2, 0) is 18.4 Å². The summed E-state index contributed by atoms with van der Waals surface area (Å²) in [5.74, 6) is -0.0346. The molecule has 21 nitrogen and oxygen atoms in total. The summed E-state index contributed by atoms with van der Waals surface area (Å²) in [6.45, 7) is -0.317. The van der Waals surface area contributed by atoms with E-state index < -0.39 is 52.3 Å². The molecule has 204 valence electrons. The van der Waals surface area contributed by atoms with Gasteiger partial charge in [-0.2, -0.15) is 4.98 Å². The number of H-pyrrole nitrogens is 1. The highest BCUT2D eigenvalue weighted by molar-refractivity contribution is 9.09. The van der Waals surface area contributed by atoms with Crippen molar-refractivity contribution in [1.82, 2.24) is 19.5 Å². The molecule has 1 fully saturated rings. The molecule has 25 heteroatoms. The van der Waals surface area contributed by atoms with Crippen molar-refractivity contribution in [2.24, 2.45) is 0 Å². The number of nitrogens with one attached hydrogen (secondary N) is 1. The molecule has 0 amide bonds. The van der Waals surface area contributed by atoms with Crippen LogP contribution < -0.4 is 11.3 Å². The average molecular weight is 640 g/mol. The standard InChI is InChI=1S/C10H12BrN5O4.3H3O4P/c11-4-6(18)3(1-17)20-9(4)16-2-13-5-7(16)14-10(12)15-8(5)19;3*1-5(2,3)4/h2-4,6,9,17-18H,1H2,(H3,12,14,15,19);3*(H3,1,2,3,4)/t3-,4+,6-,9-;;;/m1.../s1. The molecule has 2 aromatic heterocycles. The maximum atomic E-state index is 11.7. The number of anilines is 1. The van der Waals surface area contributed by atoms with Crippen LogP contribution in [0.25, 0.3) is 11.2 Å². The molecule has 0 saturated carbocycles. The minimum Gasteiger partial charge on any atom is -0.394 e. The molecule has 1 saturated heterocycles. The fraction of sp³-hybridized carbons (Fsp3) is 0.500. The van der Waals surface area contributed by atoms with Crippen molar-refractivity contribution in [2.75, 3.05) is 12.3 Å². The number of alkyl halides is 1. The Labute approximate surface area is 201 Å². The topological polar surface area (TPSA) is 373 Å². The summed E-state index contributed by atoms with van der Waals surface area (Å²) in [7, 11) is -13.9. The molecular weight excluding hydrogens is 619 g/mol. The van der Waals surface area contributed by atoms with Crippen molar-refractivity contribution < 1.29 is 72.7 Å². The van der Waals surface area contributed by atoms with Crippen LogP contribution in [0, 0.1) is 0 Å². The minimum absolute atomic E-state index is 0.0346. The lowest BCUT2D eigenvalue weighted by Crippen LogP contribution is -2.29. The van der Waals surface area contributed by atoms with Crippen LogP contribution in [0.5, 0.6) is 0 Å². The van der Waals surface area contributed by atoms with E-state index in [1.165, 1.54) is 10.9 Å². The lowest BCUT2D eigenvalue weighted by atomic mass is 10.2. The number of hydrogen-bond donors (Lipinski definition) is 13. The van der Waals surface area contributed by atoms with E-state index in [1.54, 1.807) is 0 Å². The number of aromatic nitrogens is 4. The zero-order chi connectivity index (χ0) is 27.9. The molecule has 35 heavy (non-hydrogen) atoms. The highest BCUT2D eigenvalue weighted by Gasteiger charge is 2.43. The highest BCUT2D eigenvalue weighted by atomic mass is 79.9. The molecule has 2 aromatic rings. The molecule has 1 aliphatic rings. The first-order chi connectivity index (χ1) is 15.5. The van der Waals surface area contributed by atoms with Gasteiger partial charge >= 0.3 is 23.5 Å². The van der Waals surface area contributed by atoms with E-state index in [1.807, 2.05) is 0 Å². The Morgan fingerprint density at radius 1 is 1.03 bits per heavy atom. The first kappa shape index (κ1) is 33.8. The highest BCUT2D eigenvalue weighted by Crippen LogP contribution is 2.35. The number of phosphoric acid groups is 3. The predicted molar refractivity (Wildman–Crippen MR) is 115 cm³/mol. The second kappa shape index (κ2) is 13.4. The van der Waals surface area contributed by atoms with Crippen LogP contribution in [0.2, 0.25) is 0 Å². The van der Waals surface area contributed by atoms with Gasteiger partial charge in [-0.1, -0.05) is 15.9 Å². The summed E-state index contributed by atoms with van der Waals surface area (Å²) in [5, 5.41) is 19.1. The molecule has 0 aromatic carbocycles. The summed E-state index contributed by atoms with van der Waals surface area (Å²) >= 11 is 3.32. The number of imidazole rings is 1. The lowest BCUT2D eigenvalue weighted by Gasteiger charge is -2.16. The van der Waals surface area contributed by atoms with Gasteiger partial charge in [-0.3, -0.25) is 14.3 Å². The monoisotopic (exact) mass is 639 g/mol. The van der Waals surface area contributed by atoms with Gasteiger partial charge in [-0.15, -0.1) is 0 Å². The second-order valence-electron chi connectivity index (χ2n) is 6.00. The number of hydrogen-bond acceptors (Lipinski definition) is 10. The van der Waals surface area contributed by atoms with Gasteiger partial charge in [-0.05, 0) is 0 Å². The first-order valence-corrected chi connectivity index (χ1v) is 13.8. The van der Waals surface area contributed by atoms with Crippen molar-refractivity contribution in [3.05, 3.63) is 16.7 Å². The molecule has 0 unspecified atom stereocenters. The lowest BCUT2D eigenvalue weighted by molar-refractivity contribution is -0.0430. The molecule has 0 bridgehead atoms. The SMILES string of the molecule is Nc1nc2c(ncn2[C@@H]2O[C@H](CO)[C@@H](O)[C@@H]2Br)c(=O)[nH]1.O=P(O)(O)O.O=P(O)(O)O.O=P(O)(O)O. The van der Waals surface area contributed by atoms with Gasteiger partial charge in [0.25, 0.3) is 5.56 Å². The molecule has 0 radical (unpaired) electrons. The first-order valence-electron chi connectivity index (χ1n) is 8.18. The number of aromatic amines is 1. The van der Waals surface area contributed by atoms with E-state index in [0.717, 1.165) is 0 Å². The zero-order valence-corrected chi connectivity index (χ0v) is 21.0. The fourth-order valence-electron chi connectivity index (χ4n) is 2.21. The molecular formula is C10H21BrN5O16P3. The van der Waals surface area contributed by atoms with E-state index in [0.29, 0.717) is 0 Å². The Hall–Kier alpha value is -1.16. The van der Waals surface area contributed by atoms with E-state index >= 15 is 0 Å². The third kappa shape index (κ3) is 14.9. The van der Waals surface area contributed by atoms with Crippen LogP contribution in [-0.4, -0.2) is 97.4 Å². The maximum Gasteiger partial charge on any atom is 0.466 e. The zero-order valence-electron chi connectivity index (χ0n) is 16.7. The number of fused-ring (bicyclic) bond motifs is 1. The van der Waals surface area contributed by atoms with Gasteiger partial charge in [0.15, 0.2) is 17.4 Å². The molecule has 3 heterocycles. The van der Waals surface area contributed by atoms with E-state index in [4.69, 9.17) is 73.3 Å². The number of aliphatic hydroxyl groups excluding tert-OH is 2. The number of rotatable bonds is 2. The summed E-state index contributed by atoms with van der Waals surface area (Å²) in [6.07, 6.45) is -0.874. The molecule has 4 atom stereocenters. The van der Waals surface area contributed by atoms with Crippen LogP contribution in [0.1, 0.15) is 6.23 Å². The van der Waals surface area contributed by atoms with Gasteiger partial charge in [0.2, 0.25) is 5.95 Å². The van der Waals surface area contributed by atoms with Crippen molar-refractivity contribution in [3.63, 3.8) is 0 Å². The van der Waals surface area contributed by atoms with E-state index in [9.17, 15) is 9.90 Å². The Kier molecular flexibility index (Phi) is 13.0. The number of nitrogens with two attached hydrogens (primary N) is 1. The van der Waals surface area contributed by atoms with E-state index in [-0.39, 0.29) is 23.7 Å². The van der Waals surface area contributed by atoms with Crippen molar-refractivity contribution in [1.29, 1.82) is 0 Å². The maximum absolute atomic E-state index is 11.7. The van der Waals surface area contributed by atoms with Crippen molar-refractivity contribution in [3.8, 4) is 0 Å². The second-order valence-corrected chi connectivity index (χ2v) is 10.1. The number of halogens is 1. The van der Waals surface area contributed by atoms with Gasteiger partial charge in [0, 0.05) is 0 Å². The number of nitrogen functional groups attached to an aromatic ring is 1. The normalized spacial score (nSPS) is 22.3. The summed E-state index contributed by atoms with van der Waals surface area (Å²) in [5.41, 5.74) is 5.45. The average Bonchev–Trinajstić information content (AvgIpc) is 3.12. The fourth-order valence-corrected chi connectivity index (χ4v) is 2.93. The van der Waals surface area contributed by atoms with Crippen LogP contribution in [0.4, 0.5) is 5.95 Å². The van der Waals surface area contributed by atoms with Crippen molar-refractivity contribution in [2.45, 2.75) is 23.3 Å². The third-order valence-corrected chi connectivity index (χ3v) is 4.19. The Balaban J connectivity index is 0.000000635. The summed E-state index contributed by atoms with van der Waals surface area (Å²) in [4.78, 5) is 86.3. The number of ether oxygens (including phenoxy) is 1. The largest absolute Gasteiger partial charge is 0.466 e.